The van der Waals surface area contributed by atoms with E-state index in [1.165, 1.54) is 12.8 Å². The van der Waals surface area contributed by atoms with Gasteiger partial charge in [0, 0.05) is 62.9 Å². The Morgan fingerprint density at radius 2 is 2.00 bits per heavy atom. The normalized spacial score (nSPS) is 18.4. The first-order chi connectivity index (χ1) is 12.2. The van der Waals surface area contributed by atoms with E-state index in [1.54, 1.807) is 12.4 Å². The van der Waals surface area contributed by atoms with Gasteiger partial charge in [-0.1, -0.05) is 6.07 Å². The van der Waals surface area contributed by atoms with Crippen molar-refractivity contribution in [3.63, 3.8) is 0 Å². The van der Waals surface area contributed by atoms with Gasteiger partial charge in [0.05, 0.1) is 0 Å². The van der Waals surface area contributed by atoms with Crippen molar-refractivity contribution in [2.24, 2.45) is 0 Å². The van der Waals surface area contributed by atoms with Gasteiger partial charge >= 0.3 is 6.03 Å². The van der Waals surface area contributed by atoms with Gasteiger partial charge in [0.1, 0.15) is 11.6 Å². The van der Waals surface area contributed by atoms with Crippen LogP contribution >= 0.6 is 0 Å². The Morgan fingerprint density at radius 1 is 1.20 bits per heavy atom. The zero-order valence-corrected chi connectivity index (χ0v) is 14.6. The van der Waals surface area contributed by atoms with Gasteiger partial charge in [0.25, 0.3) is 0 Å². The summed E-state index contributed by atoms with van der Waals surface area (Å²) in [5, 5.41) is 3.04. The van der Waals surface area contributed by atoms with Gasteiger partial charge in [-0.25, -0.2) is 14.8 Å². The fraction of sp³-hybridized carbons (Fsp3) is 0.500. The lowest BCUT2D eigenvalue weighted by Crippen LogP contribution is -2.52. The molecule has 132 valence electrons. The van der Waals surface area contributed by atoms with Gasteiger partial charge in [-0.2, -0.15) is 0 Å². The summed E-state index contributed by atoms with van der Waals surface area (Å²) < 4.78 is 1.94. The van der Waals surface area contributed by atoms with Crippen molar-refractivity contribution < 1.29 is 4.79 Å². The van der Waals surface area contributed by atoms with Crippen LogP contribution in [0.4, 0.5) is 4.79 Å². The summed E-state index contributed by atoms with van der Waals surface area (Å²) in [6.07, 6.45) is 8.05. The van der Waals surface area contributed by atoms with E-state index in [2.05, 4.69) is 20.2 Å². The number of hydrogen-bond donors (Lipinski definition) is 1. The molecule has 0 unspecified atom stereocenters. The van der Waals surface area contributed by atoms with E-state index in [9.17, 15) is 4.79 Å². The molecule has 0 spiro atoms. The van der Waals surface area contributed by atoms with Crippen molar-refractivity contribution >= 4 is 6.03 Å². The smallest absolute Gasteiger partial charge is 0.317 e. The molecular formula is C18H24N6O. The molecule has 1 N–H and O–H groups in total. The Labute approximate surface area is 147 Å². The molecule has 2 amide bonds. The van der Waals surface area contributed by atoms with E-state index < -0.39 is 0 Å². The Morgan fingerprint density at radius 3 is 2.68 bits per heavy atom. The Hall–Kier alpha value is -2.41. The molecule has 1 aliphatic carbocycles. The number of nitrogens with one attached hydrogen (secondary N) is 1. The third-order valence-corrected chi connectivity index (χ3v) is 5.02. The summed E-state index contributed by atoms with van der Waals surface area (Å²) in [6, 6.07) is 4.67. The van der Waals surface area contributed by atoms with Crippen LogP contribution in [-0.4, -0.2) is 62.6 Å². The molecule has 25 heavy (non-hydrogen) atoms. The van der Waals surface area contributed by atoms with Crippen LogP contribution in [-0.2, 0) is 6.54 Å². The van der Waals surface area contributed by atoms with E-state index in [1.807, 2.05) is 34.7 Å². The molecule has 4 rings (SSSR count). The van der Waals surface area contributed by atoms with Gasteiger partial charge in [0.15, 0.2) is 0 Å². The Balaban J connectivity index is 1.37. The number of nitrogens with zero attached hydrogens (tertiary/aromatic N) is 5. The van der Waals surface area contributed by atoms with Gasteiger partial charge < -0.3 is 10.2 Å². The van der Waals surface area contributed by atoms with Gasteiger partial charge in [0.2, 0.25) is 0 Å². The molecule has 7 heteroatoms. The maximum Gasteiger partial charge on any atom is 0.317 e. The topological polar surface area (TPSA) is 66.3 Å². The number of carbonyl (C=O) groups is 1. The molecule has 2 aromatic rings. The van der Waals surface area contributed by atoms with E-state index in [0.717, 1.165) is 49.4 Å². The lowest BCUT2D eigenvalue weighted by atomic mass is 10.2. The van der Waals surface area contributed by atoms with Crippen molar-refractivity contribution in [2.75, 3.05) is 26.2 Å². The Bertz CT molecular complexity index is 746. The first-order valence-corrected chi connectivity index (χ1v) is 8.93. The zero-order chi connectivity index (χ0) is 17.2. The van der Waals surface area contributed by atoms with Crippen LogP contribution in [0.3, 0.4) is 0 Å². The highest BCUT2D eigenvalue weighted by Gasteiger charge is 2.32. The number of amides is 2. The maximum atomic E-state index is 12.5. The zero-order valence-electron chi connectivity index (χ0n) is 14.6. The molecule has 0 atom stereocenters. The van der Waals surface area contributed by atoms with Crippen LogP contribution in [0.1, 0.15) is 24.2 Å². The monoisotopic (exact) mass is 340 g/mol. The van der Waals surface area contributed by atoms with E-state index in [4.69, 9.17) is 0 Å². The van der Waals surface area contributed by atoms with Crippen LogP contribution in [0.2, 0.25) is 0 Å². The molecule has 2 fully saturated rings. The number of hydrogen-bond acceptors (Lipinski definition) is 4. The van der Waals surface area contributed by atoms with Crippen molar-refractivity contribution in [3.8, 4) is 5.82 Å². The second kappa shape index (κ2) is 6.84. The minimum atomic E-state index is 0.00704. The van der Waals surface area contributed by atoms with Gasteiger partial charge in [-0.15, -0.1) is 0 Å². The average molecular weight is 340 g/mol. The summed E-state index contributed by atoms with van der Waals surface area (Å²) in [6.45, 7) is 6.00. The minimum Gasteiger partial charge on any atom is -0.334 e. The molecule has 2 aliphatic rings. The number of aryl methyl sites for hydroxylation is 1. The lowest BCUT2D eigenvalue weighted by molar-refractivity contribution is 0.134. The van der Waals surface area contributed by atoms with Crippen molar-refractivity contribution in [1.82, 2.24) is 29.7 Å². The molecule has 2 aromatic heterocycles. The fourth-order valence-corrected chi connectivity index (χ4v) is 3.40. The highest BCUT2D eigenvalue weighted by molar-refractivity contribution is 5.74. The number of carbonyl (C=O) groups excluding carboxylic acids is 1. The molecular weight excluding hydrogens is 316 g/mol. The summed E-state index contributed by atoms with van der Waals surface area (Å²) in [4.78, 5) is 25.6. The third-order valence-electron chi connectivity index (χ3n) is 5.02. The number of pyridine rings is 1. The predicted molar refractivity (Wildman–Crippen MR) is 94.5 cm³/mol. The highest BCUT2D eigenvalue weighted by Crippen LogP contribution is 2.27. The minimum absolute atomic E-state index is 0.00704. The van der Waals surface area contributed by atoms with E-state index >= 15 is 0 Å². The molecule has 1 saturated carbocycles. The second-order valence-electron chi connectivity index (χ2n) is 6.74. The van der Waals surface area contributed by atoms with Crippen LogP contribution in [0.25, 0.3) is 5.82 Å². The van der Waals surface area contributed by atoms with Crippen molar-refractivity contribution in [2.45, 2.75) is 32.4 Å². The largest absolute Gasteiger partial charge is 0.334 e. The third kappa shape index (κ3) is 3.51. The van der Waals surface area contributed by atoms with Gasteiger partial charge in [-0.3, -0.25) is 9.47 Å². The van der Waals surface area contributed by atoms with Crippen LogP contribution in [0.5, 0.6) is 0 Å². The maximum absolute atomic E-state index is 12.5. The fourth-order valence-electron chi connectivity index (χ4n) is 3.40. The highest BCUT2D eigenvalue weighted by atomic mass is 16.2. The van der Waals surface area contributed by atoms with Crippen LogP contribution < -0.4 is 5.32 Å². The van der Waals surface area contributed by atoms with E-state index in [0.29, 0.717) is 6.54 Å². The summed E-state index contributed by atoms with van der Waals surface area (Å²) in [7, 11) is 0. The number of aromatic nitrogens is 3. The molecule has 0 bridgehead atoms. The molecule has 1 aliphatic heterocycles. The number of piperazine rings is 1. The molecule has 1 saturated heterocycles. The standard InChI is InChI=1S/C18H24N6O/c1-14-19-7-8-24(14)17-15(3-2-6-20-17)13-21-18(25)23-11-9-22(10-12-23)16-4-5-16/h2-3,6-8,16H,4-5,9-13H2,1H3,(H,21,25). The molecule has 0 aromatic carbocycles. The summed E-state index contributed by atoms with van der Waals surface area (Å²) in [5.74, 6) is 1.69. The Kier molecular flexibility index (Phi) is 4.40. The van der Waals surface area contributed by atoms with Crippen LogP contribution in [0, 0.1) is 6.92 Å². The summed E-state index contributed by atoms with van der Waals surface area (Å²) >= 11 is 0. The second-order valence-corrected chi connectivity index (χ2v) is 6.74. The average Bonchev–Trinajstić information content (AvgIpc) is 3.41. The predicted octanol–water partition coefficient (Wildman–Crippen LogP) is 1.57. The van der Waals surface area contributed by atoms with Crippen molar-refractivity contribution in [3.05, 3.63) is 42.1 Å². The van der Waals surface area contributed by atoms with Gasteiger partial charge in [-0.05, 0) is 25.8 Å². The lowest BCUT2D eigenvalue weighted by Gasteiger charge is -2.34. The number of rotatable bonds is 4. The summed E-state index contributed by atoms with van der Waals surface area (Å²) in [5.41, 5.74) is 0.980. The molecule has 3 heterocycles. The first-order valence-electron chi connectivity index (χ1n) is 8.93. The number of imidazole rings is 1. The molecule has 7 nitrogen and oxygen atoms in total. The number of urea groups is 1. The first kappa shape index (κ1) is 16.1. The SMILES string of the molecule is Cc1nccn1-c1ncccc1CNC(=O)N1CCN(C2CC2)CC1. The van der Waals surface area contributed by atoms with E-state index in [-0.39, 0.29) is 6.03 Å². The molecule has 0 radical (unpaired) electrons. The quantitative estimate of drug-likeness (QED) is 0.917. The van der Waals surface area contributed by atoms with Crippen LogP contribution in [0.15, 0.2) is 30.7 Å². The van der Waals surface area contributed by atoms with Crippen molar-refractivity contribution in [1.29, 1.82) is 0 Å².